The second kappa shape index (κ2) is 4.63. The SMILES string of the molecule is CCC(C)(C(C)O)C(C)(C(C)O)C(C)(C)O. The first-order valence-electron chi connectivity index (χ1n) is 6.03. The largest absolute Gasteiger partial charge is 0.393 e. The van der Waals surface area contributed by atoms with Gasteiger partial charge in [-0.2, -0.15) is 0 Å². The summed E-state index contributed by atoms with van der Waals surface area (Å²) >= 11 is 0. The number of hydrogen-bond acceptors (Lipinski definition) is 3. The minimum Gasteiger partial charge on any atom is -0.393 e. The Hall–Kier alpha value is -0.120. The summed E-state index contributed by atoms with van der Waals surface area (Å²) in [4.78, 5) is 0. The maximum atomic E-state index is 10.4. The van der Waals surface area contributed by atoms with Crippen LogP contribution in [-0.4, -0.2) is 33.1 Å². The van der Waals surface area contributed by atoms with E-state index >= 15 is 0 Å². The van der Waals surface area contributed by atoms with Crippen molar-refractivity contribution in [3.63, 3.8) is 0 Å². The van der Waals surface area contributed by atoms with Gasteiger partial charge in [0.05, 0.1) is 17.8 Å². The van der Waals surface area contributed by atoms with E-state index in [4.69, 9.17) is 0 Å². The maximum absolute atomic E-state index is 10.4. The van der Waals surface area contributed by atoms with E-state index in [1.807, 2.05) is 20.8 Å². The zero-order chi connectivity index (χ0) is 13.4. The molecule has 3 nitrogen and oxygen atoms in total. The molecule has 0 spiro atoms. The van der Waals surface area contributed by atoms with E-state index in [0.717, 1.165) is 0 Å². The fourth-order valence-electron chi connectivity index (χ4n) is 2.78. The molecule has 0 amide bonds. The van der Waals surface area contributed by atoms with Gasteiger partial charge in [0.1, 0.15) is 0 Å². The van der Waals surface area contributed by atoms with Gasteiger partial charge in [0.25, 0.3) is 0 Å². The first kappa shape index (κ1) is 15.9. The van der Waals surface area contributed by atoms with Crippen molar-refractivity contribution in [2.75, 3.05) is 0 Å². The third-order valence-corrected chi connectivity index (χ3v) is 4.95. The van der Waals surface area contributed by atoms with Crippen molar-refractivity contribution in [2.24, 2.45) is 10.8 Å². The molecule has 0 aromatic rings. The van der Waals surface area contributed by atoms with E-state index in [9.17, 15) is 15.3 Å². The lowest BCUT2D eigenvalue weighted by molar-refractivity contribution is -0.203. The predicted molar refractivity (Wildman–Crippen MR) is 66.2 cm³/mol. The van der Waals surface area contributed by atoms with Crippen LogP contribution in [0.3, 0.4) is 0 Å². The van der Waals surface area contributed by atoms with Crippen molar-refractivity contribution in [1.82, 2.24) is 0 Å². The molecule has 16 heavy (non-hydrogen) atoms. The normalized spacial score (nSPS) is 24.4. The van der Waals surface area contributed by atoms with Gasteiger partial charge >= 0.3 is 0 Å². The number of aliphatic hydroxyl groups is 3. The third-order valence-electron chi connectivity index (χ3n) is 4.95. The van der Waals surface area contributed by atoms with Crippen molar-refractivity contribution in [3.05, 3.63) is 0 Å². The summed E-state index contributed by atoms with van der Waals surface area (Å²) in [5, 5.41) is 30.4. The first-order chi connectivity index (χ1) is 6.95. The van der Waals surface area contributed by atoms with E-state index < -0.39 is 28.6 Å². The van der Waals surface area contributed by atoms with E-state index in [0.29, 0.717) is 6.42 Å². The highest BCUT2D eigenvalue weighted by Crippen LogP contribution is 2.53. The molecule has 3 heteroatoms. The first-order valence-corrected chi connectivity index (χ1v) is 6.03. The van der Waals surface area contributed by atoms with Gasteiger partial charge in [-0.25, -0.2) is 0 Å². The van der Waals surface area contributed by atoms with Crippen LogP contribution in [0.5, 0.6) is 0 Å². The van der Waals surface area contributed by atoms with Crippen molar-refractivity contribution in [1.29, 1.82) is 0 Å². The summed E-state index contributed by atoms with van der Waals surface area (Å²) in [6.07, 6.45) is -0.605. The fraction of sp³-hybridized carbons (Fsp3) is 1.00. The Labute approximate surface area is 99.5 Å². The Balaban J connectivity index is 5.69. The smallest absolute Gasteiger partial charge is 0.0675 e. The Morgan fingerprint density at radius 2 is 1.31 bits per heavy atom. The van der Waals surface area contributed by atoms with Crippen LogP contribution >= 0.6 is 0 Å². The van der Waals surface area contributed by atoms with E-state index in [1.54, 1.807) is 27.7 Å². The molecule has 4 atom stereocenters. The van der Waals surface area contributed by atoms with Gasteiger partial charge in [-0.3, -0.25) is 0 Å². The molecule has 0 aliphatic heterocycles. The highest BCUT2D eigenvalue weighted by atomic mass is 16.3. The lowest BCUT2D eigenvalue weighted by Gasteiger charge is -2.56. The average Bonchev–Trinajstić information content (AvgIpc) is 2.12. The highest BCUT2D eigenvalue weighted by molar-refractivity contribution is 5.06. The molecule has 0 aliphatic carbocycles. The lowest BCUT2D eigenvalue weighted by Crippen LogP contribution is -2.61. The summed E-state index contributed by atoms with van der Waals surface area (Å²) in [6, 6.07) is 0. The molecule has 0 bridgehead atoms. The van der Waals surface area contributed by atoms with Crippen molar-refractivity contribution >= 4 is 0 Å². The van der Waals surface area contributed by atoms with Crippen LogP contribution in [0.25, 0.3) is 0 Å². The molecule has 3 N–H and O–H groups in total. The van der Waals surface area contributed by atoms with Crippen LogP contribution in [0.4, 0.5) is 0 Å². The van der Waals surface area contributed by atoms with Gasteiger partial charge in [-0.15, -0.1) is 0 Å². The molecule has 0 aliphatic rings. The Bertz CT molecular complexity index is 230. The minimum atomic E-state index is -1.07. The molecule has 0 fully saturated rings. The zero-order valence-electron chi connectivity index (χ0n) is 11.7. The molecule has 0 saturated heterocycles. The molecule has 4 unspecified atom stereocenters. The van der Waals surface area contributed by atoms with Gasteiger partial charge in [0, 0.05) is 10.8 Å². The molecular formula is C13H28O3. The van der Waals surface area contributed by atoms with Gasteiger partial charge < -0.3 is 15.3 Å². The van der Waals surface area contributed by atoms with Crippen LogP contribution in [0.2, 0.25) is 0 Å². The summed E-state index contributed by atoms with van der Waals surface area (Å²) in [5.41, 5.74) is -2.38. The van der Waals surface area contributed by atoms with E-state index in [1.165, 1.54) is 0 Å². The summed E-state index contributed by atoms with van der Waals surface area (Å²) in [5.74, 6) is 0. The van der Waals surface area contributed by atoms with Gasteiger partial charge in [-0.1, -0.05) is 20.8 Å². The average molecular weight is 232 g/mol. The van der Waals surface area contributed by atoms with Crippen molar-refractivity contribution in [3.8, 4) is 0 Å². The zero-order valence-corrected chi connectivity index (χ0v) is 11.7. The Kier molecular flexibility index (Phi) is 4.60. The second-order valence-electron chi connectivity index (χ2n) is 5.88. The Morgan fingerprint density at radius 3 is 1.38 bits per heavy atom. The number of aliphatic hydroxyl groups excluding tert-OH is 2. The third kappa shape index (κ3) is 2.13. The summed E-state index contributed by atoms with van der Waals surface area (Å²) in [7, 11) is 0. The van der Waals surface area contributed by atoms with Crippen LogP contribution < -0.4 is 0 Å². The summed E-state index contributed by atoms with van der Waals surface area (Å²) in [6.45, 7) is 12.5. The highest BCUT2D eigenvalue weighted by Gasteiger charge is 2.57. The number of hydrogen-bond donors (Lipinski definition) is 3. The topological polar surface area (TPSA) is 60.7 Å². The van der Waals surface area contributed by atoms with Gasteiger partial charge in [0.2, 0.25) is 0 Å². The van der Waals surface area contributed by atoms with Crippen molar-refractivity contribution in [2.45, 2.75) is 72.7 Å². The van der Waals surface area contributed by atoms with Crippen molar-refractivity contribution < 1.29 is 15.3 Å². The monoisotopic (exact) mass is 232 g/mol. The van der Waals surface area contributed by atoms with E-state index in [-0.39, 0.29) is 0 Å². The number of rotatable bonds is 5. The lowest BCUT2D eigenvalue weighted by atomic mass is 9.52. The molecule has 0 heterocycles. The fourth-order valence-corrected chi connectivity index (χ4v) is 2.78. The molecular weight excluding hydrogens is 204 g/mol. The molecule has 0 aromatic heterocycles. The van der Waals surface area contributed by atoms with Gasteiger partial charge in [-0.05, 0) is 34.1 Å². The molecule has 98 valence electrons. The summed E-state index contributed by atoms with van der Waals surface area (Å²) < 4.78 is 0. The van der Waals surface area contributed by atoms with Crippen LogP contribution in [0.15, 0.2) is 0 Å². The maximum Gasteiger partial charge on any atom is 0.0675 e. The predicted octanol–water partition coefficient (Wildman–Crippen LogP) is 1.94. The molecule has 0 saturated carbocycles. The molecule has 0 aromatic carbocycles. The van der Waals surface area contributed by atoms with Crippen LogP contribution in [-0.2, 0) is 0 Å². The van der Waals surface area contributed by atoms with Crippen LogP contribution in [0, 0.1) is 10.8 Å². The molecule has 0 radical (unpaired) electrons. The second-order valence-corrected chi connectivity index (χ2v) is 5.88. The quantitative estimate of drug-likeness (QED) is 0.679. The van der Waals surface area contributed by atoms with Crippen LogP contribution in [0.1, 0.15) is 54.9 Å². The minimum absolute atomic E-state index is 0.542. The Morgan fingerprint density at radius 1 is 0.938 bits per heavy atom. The molecule has 0 rings (SSSR count). The van der Waals surface area contributed by atoms with E-state index in [2.05, 4.69) is 0 Å². The standard InChI is InChI=1S/C13H28O3/c1-8-12(6,9(2)14)13(7,10(3)15)11(4,5)16/h9-10,14-16H,8H2,1-7H3. The van der Waals surface area contributed by atoms with Gasteiger partial charge in [0.15, 0.2) is 0 Å².